The molecule has 1 saturated heterocycles. The summed E-state index contributed by atoms with van der Waals surface area (Å²) in [6, 6.07) is 0.285. The Bertz CT molecular complexity index is 311. The zero-order valence-corrected chi connectivity index (χ0v) is 11.7. The van der Waals surface area contributed by atoms with Gasteiger partial charge in [-0.05, 0) is 39.0 Å². The summed E-state index contributed by atoms with van der Waals surface area (Å²) in [6.07, 6.45) is 5.22. The van der Waals surface area contributed by atoms with Crippen LogP contribution < -0.4 is 0 Å². The summed E-state index contributed by atoms with van der Waals surface area (Å²) in [6.45, 7) is 4.14. The first-order valence-corrected chi connectivity index (χ1v) is 7.29. The lowest BCUT2D eigenvalue weighted by Crippen LogP contribution is -2.51. The maximum absolute atomic E-state index is 10.4. The van der Waals surface area contributed by atoms with Gasteiger partial charge in [0.05, 0.1) is 24.7 Å². The quantitative estimate of drug-likeness (QED) is 0.787. The predicted octanol–water partition coefficient (Wildman–Crippen LogP) is 1.25. The first kappa shape index (κ1) is 14.8. The molecule has 1 aliphatic heterocycles. The van der Waals surface area contributed by atoms with E-state index in [9.17, 15) is 9.90 Å². The molecule has 0 amide bonds. The molecule has 0 aromatic heterocycles. The molecule has 2 aliphatic rings. The normalized spacial score (nSPS) is 33.7. The average Bonchev–Trinajstić information content (AvgIpc) is 2.69. The molecule has 1 aliphatic carbocycles. The zero-order valence-electron chi connectivity index (χ0n) is 11.7. The largest absolute Gasteiger partial charge is 0.481 e. The van der Waals surface area contributed by atoms with Crippen LogP contribution in [-0.4, -0.2) is 58.5 Å². The lowest BCUT2D eigenvalue weighted by atomic mass is 9.96. The Morgan fingerprint density at radius 2 is 2.05 bits per heavy atom. The van der Waals surface area contributed by atoms with Gasteiger partial charge in [0.2, 0.25) is 0 Å². The second-order valence-corrected chi connectivity index (χ2v) is 6.02. The maximum Gasteiger partial charge on any atom is 0.305 e. The van der Waals surface area contributed by atoms with Gasteiger partial charge in [-0.1, -0.05) is 0 Å². The monoisotopic (exact) mass is 271 g/mol. The second-order valence-electron chi connectivity index (χ2n) is 6.02. The molecule has 0 bridgehead atoms. The van der Waals surface area contributed by atoms with Crippen LogP contribution in [-0.2, 0) is 9.53 Å². The predicted molar refractivity (Wildman–Crippen MR) is 71.1 cm³/mol. The minimum Gasteiger partial charge on any atom is -0.481 e. The molecule has 19 heavy (non-hydrogen) atoms. The van der Waals surface area contributed by atoms with Crippen molar-refractivity contribution in [3.05, 3.63) is 0 Å². The lowest BCUT2D eigenvalue weighted by Gasteiger charge is -2.40. The number of rotatable bonds is 5. The molecule has 2 fully saturated rings. The average molecular weight is 271 g/mol. The highest BCUT2D eigenvalue weighted by atomic mass is 16.5. The van der Waals surface area contributed by atoms with Crippen LogP contribution in [0.1, 0.15) is 45.4 Å². The highest BCUT2D eigenvalue weighted by Gasteiger charge is 2.41. The van der Waals surface area contributed by atoms with Crippen molar-refractivity contribution >= 4 is 5.97 Å². The van der Waals surface area contributed by atoms with Crippen LogP contribution in [0.4, 0.5) is 0 Å². The van der Waals surface area contributed by atoms with E-state index in [-0.39, 0.29) is 18.6 Å². The van der Waals surface area contributed by atoms with E-state index < -0.39 is 11.6 Å². The van der Waals surface area contributed by atoms with Crippen molar-refractivity contribution in [2.45, 2.75) is 63.2 Å². The number of ether oxygens (including phenoxy) is 1. The van der Waals surface area contributed by atoms with Gasteiger partial charge in [0, 0.05) is 19.1 Å². The smallest absolute Gasteiger partial charge is 0.305 e. The van der Waals surface area contributed by atoms with Crippen LogP contribution in [0.25, 0.3) is 0 Å². The van der Waals surface area contributed by atoms with Gasteiger partial charge < -0.3 is 14.9 Å². The number of aliphatic carboxylic acids is 1. The number of carboxylic acids is 1. The minimum atomic E-state index is -0.806. The molecular formula is C14H25NO4. The van der Waals surface area contributed by atoms with Gasteiger partial charge in [0.1, 0.15) is 0 Å². The van der Waals surface area contributed by atoms with Gasteiger partial charge >= 0.3 is 5.97 Å². The van der Waals surface area contributed by atoms with Crippen molar-refractivity contribution in [3.63, 3.8) is 0 Å². The molecule has 2 unspecified atom stereocenters. The third-order valence-electron chi connectivity index (χ3n) is 4.47. The fraction of sp³-hybridized carbons (Fsp3) is 0.929. The molecule has 2 N–H and O–H groups in total. The Morgan fingerprint density at radius 1 is 1.37 bits per heavy atom. The van der Waals surface area contributed by atoms with Gasteiger partial charge in [0.15, 0.2) is 0 Å². The van der Waals surface area contributed by atoms with Gasteiger partial charge in [0.25, 0.3) is 0 Å². The highest BCUT2D eigenvalue weighted by Crippen LogP contribution is 2.34. The highest BCUT2D eigenvalue weighted by molar-refractivity contribution is 5.66. The SMILES string of the molecule is CC1(O)CCCC1N1CCC(OCCC(=O)O)CC1. The van der Waals surface area contributed by atoms with Crippen LogP contribution in [0.2, 0.25) is 0 Å². The van der Waals surface area contributed by atoms with Crippen molar-refractivity contribution in [2.24, 2.45) is 0 Å². The summed E-state index contributed by atoms with van der Waals surface area (Å²) >= 11 is 0. The number of nitrogens with zero attached hydrogens (tertiary/aromatic N) is 1. The van der Waals surface area contributed by atoms with Crippen LogP contribution in [0.5, 0.6) is 0 Å². The van der Waals surface area contributed by atoms with Gasteiger partial charge in [-0.3, -0.25) is 9.69 Å². The Labute approximate surface area is 114 Å². The Hall–Kier alpha value is -0.650. The van der Waals surface area contributed by atoms with Crippen LogP contribution in [0.3, 0.4) is 0 Å². The van der Waals surface area contributed by atoms with E-state index in [0.717, 1.165) is 45.2 Å². The van der Waals surface area contributed by atoms with E-state index in [1.165, 1.54) is 0 Å². The number of hydrogen-bond acceptors (Lipinski definition) is 4. The van der Waals surface area contributed by atoms with Crippen LogP contribution >= 0.6 is 0 Å². The number of carboxylic acid groups (broad SMARTS) is 1. The van der Waals surface area contributed by atoms with E-state index in [0.29, 0.717) is 6.61 Å². The number of carbonyl (C=O) groups is 1. The van der Waals surface area contributed by atoms with Crippen molar-refractivity contribution in [2.75, 3.05) is 19.7 Å². The summed E-state index contributed by atoms with van der Waals surface area (Å²) in [5.74, 6) is -0.806. The Kier molecular flexibility index (Phi) is 4.81. The van der Waals surface area contributed by atoms with E-state index >= 15 is 0 Å². The number of piperidine rings is 1. The van der Waals surface area contributed by atoms with Crippen LogP contribution in [0.15, 0.2) is 0 Å². The number of likely N-dealkylation sites (tertiary alicyclic amines) is 1. The minimum absolute atomic E-state index is 0.0809. The van der Waals surface area contributed by atoms with Crippen molar-refractivity contribution in [1.82, 2.24) is 4.90 Å². The number of hydrogen-bond donors (Lipinski definition) is 2. The van der Waals surface area contributed by atoms with Crippen molar-refractivity contribution in [1.29, 1.82) is 0 Å². The summed E-state index contributed by atoms with van der Waals surface area (Å²) in [7, 11) is 0. The molecule has 2 rings (SSSR count). The number of aliphatic hydroxyl groups is 1. The molecule has 0 aromatic carbocycles. The third-order valence-corrected chi connectivity index (χ3v) is 4.47. The van der Waals surface area contributed by atoms with Crippen molar-refractivity contribution < 1.29 is 19.7 Å². The van der Waals surface area contributed by atoms with Gasteiger partial charge in [-0.2, -0.15) is 0 Å². The Morgan fingerprint density at radius 3 is 2.58 bits per heavy atom. The summed E-state index contributed by atoms with van der Waals surface area (Å²) in [4.78, 5) is 12.8. The fourth-order valence-electron chi connectivity index (χ4n) is 3.37. The van der Waals surface area contributed by atoms with Crippen LogP contribution in [0, 0.1) is 0 Å². The molecule has 0 radical (unpaired) electrons. The molecule has 5 heteroatoms. The molecule has 110 valence electrons. The van der Waals surface area contributed by atoms with E-state index in [1.54, 1.807) is 0 Å². The van der Waals surface area contributed by atoms with E-state index in [1.807, 2.05) is 6.92 Å². The van der Waals surface area contributed by atoms with Gasteiger partial charge in [-0.25, -0.2) is 0 Å². The topological polar surface area (TPSA) is 70.0 Å². The van der Waals surface area contributed by atoms with Crippen molar-refractivity contribution in [3.8, 4) is 0 Å². The molecule has 5 nitrogen and oxygen atoms in total. The molecule has 1 heterocycles. The summed E-state index contributed by atoms with van der Waals surface area (Å²) in [5, 5.41) is 18.9. The van der Waals surface area contributed by atoms with E-state index in [2.05, 4.69) is 4.90 Å². The lowest BCUT2D eigenvalue weighted by molar-refractivity contribution is -0.139. The second kappa shape index (κ2) is 6.20. The molecule has 2 atom stereocenters. The fourth-order valence-corrected chi connectivity index (χ4v) is 3.37. The first-order valence-electron chi connectivity index (χ1n) is 7.29. The molecular weight excluding hydrogens is 246 g/mol. The standard InChI is InChI=1S/C14H25NO4/c1-14(18)7-2-3-12(14)15-8-4-11(5-9-15)19-10-6-13(16)17/h11-12,18H,2-10H2,1H3,(H,16,17). The van der Waals surface area contributed by atoms with Gasteiger partial charge in [-0.15, -0.1) is 0 Å². The summed E-state index contributed by atoms with van der Waals surface area (Å²) < 4.78 is 5.59. The molecule has 0 spiro atoms. The maximum atomic E-state index is 10.4. The molecule has 1 saturated carbocycles. The third kappa shape index (κ3) is 3.91. The van der Waals surface area contributed by atoms with E-state index in [4.69, 9.17) is 9.84 Å². The first-order chi connectivity index (χ1) is 8.99. The molecule has 0 aromatic rings. The zero-order chi connectivity index (χ0) is 13.9. The summed E-state index contributed by atoms with van der Waals surface area (Å²) in [5.41, 5.74) is -0.545. The Balaban J connectivity index is 1.72.